The van der Waals surface area contributed by atoms with E-state index in [2.05, 4.69) is 0 Å². The second-order valence-corrected chi connectivity index (χ2v) is 9.14. The van der Waals surface area contributed by atoms with Gasteiger partial charge in [-0.05, 0) is 54.7 Å². The van der Waals surface area contributed by atoms with Gasteiger partial charge in [-0.15, -0.1) is 0 Å². The quantitative estimate of drug-likeness (QED) is 0.591. The Morgan fingerprint density at radius 3 is 2.48 bits per heavy atom. The number of piperazine rings is 1. The lowest BCUT2D eigenvalue weighted by molar-refractivity contribution is -0.135. The number of hydrogen-bond donors (Lipinski definition) is 0. The first-order valence-corrected chi connectivity index (χ1v) is 11.8. The van der Waals surface area contributed by atoms with Crippen LogP contribution >= 0.6 is 0 Å². The number of para-hydroxylation sites is 1. The fourth-order valence-electron chi connectivity index (χ4n) is 4.92. The maximum atomic E-state index is 13.9. The Kier molecular flexibility index (Phi) is 5.75. The first kappa shape index (κ1) is 21.4. The van der Waals surface area contributed by atoms with Crippen LogP contribution in [-0.2, 0) is 11.2 Å². The summed E-state index contributed by atoms with van der Waals surface area (Å²) in [7, 11) is 0. The number of aromatic nitrogens is 1. The van der Waals surface area contributed by atoms with E-state index in [1.54, 1.807) is 6.26 Å². The van der Waals surface area contributed by atoms with E-state index in [9.17, 15) is 9.59 Å². The Morgan fingerprint density at radius 1 is 1.00 bits per heavy atom. The highest BCUT2D eigenvalue weighted by Crippen LogP contribution is 2.36. The molecule has 0 radical (unpaired) electrons. The molecule has 33 heavy (non-hydrogen) atoms. The summed E-state index contributed by atoms with van der Waals surface area (Å²) >= 11 is 0. The van der Waals surface area contributed by atoms with E-state index in [1.807, 2.05) is 66.1 Å². The largest absolute Gasteiger partial charge is 0.465 e. The summed E-state index contributed by atoms with van der Waals surface area (Å²) in [5.41, 5.74) is 4.65. The molecule has 1 aliphatic heterocycles. The maximum Gasteiger partial charge on any atom is 0.255 e. The molecular formula is C27H29N3O3. The lowest BCUT2D eigenvalue weighted by Gasteiger charge is -2.36. The van der Waals surface area contributed by atoms with Crippen molar-refractivity contribution in [2.45, 2.75) is 33.1 Å². The number of carbonyl (C=O) groups is 2. The molecule has 6 nitrogen and oxygen atoms in total. The van der Waals surface area contributed by atoms with Crippen LogP contribution in [0.25, 0.3) is 22.6 Å². The molecule has 2 aliphatic rings. The number of furan rings is 1. The van der Waals surface area contributed by atoms with E-state index in [4.69, 9.17) is 9.40 Å². The molecule has 3 aromatic rings. The molecular weight excluding hydrogens is 414 g/mol. The lowest BCUT2D eigenvalue weighted by Crippen LogP contribution is -2.51. The van der Waals surface area contributed by atoms with Gasteiger partial charge in [0, 0.05) is 37.5 Å². The molecule has 0 unspecified atom stereocenters. The summed E-state index contributed by atoms with van der Waals surface area (Å²) in [4.78, 5) is 35.0. The highest BCUT2D eigenvalue weighted by molar-refractivity contribution is 6.09. The van der Waals surface area contributed by atoms with Gasteiger partial charge in [0.05, 0.1) is 23.0 Å². The summed E-state index contributed by atoms with van der Waals surface area (Å²) in [6.45, 7) is 6.11. The number of rotatable bonds is 3. The van der Waals surface area contributed by atoms with Crippen LogP contribution in [0.4, 0.5) is 0 Å². The number of nitrogens with zero attached hydrogens (tertiary/aromatic N) is 3. The monoisotopic (exact) mass is 443 g/mol. The number of amides is 2. The van der Waals surface area contributed by atoms with Crippen molar-refractivity contribution >= 4 is 34.4 Å². The Hall–Kier alpha value is -3.41. The predicted octanol–water partition coefficient (Wildman–Crippen LogP) is 4.65. The fourth-order valence-corrected chi connectivity index (χ4v) is 4.92. The molecule has 1 fully saturated rings. The third-order valence-electron chi connectivity index (χ3n) is 6.62. The zero-order chi connectivity index (χ0) is 22.9. The number of benzene rings is 1. The van der Waals surface area contributed by atoms with Crippen LogP contribution < -0.4 is 0 Å². The summed E-state index contributed by atoms with van der Waals surface area (Å²) < 4.78 is 5.55. The third-order valence-corrected chi connectivity index (χ3v) is 6.62. The van der Waals surface area contributed by atoms with E-state index in [1.165, 1.54) is 0 Å². The van der Waals surface area contributed by atoms with Crippen molar-refractivity contribution in [3.05, 3.63) is 65.2 Å². The van der Waals surface area contributed by atoms with Crippen molar-refractivity contribution in [2.75, 3.05) is 26.2 Å². The Morgan fingerprint density at radius 2 is 1.76 bits per heavy atom. The van der Waals surface area contributed by atoms with Crippen molar-refractivity contribution in [3.63, 3.8) is 0 Å². The van der Waals surface area contributed by atoms with Crippen molar-refractivity contribution in [1.82, 2.24) is 14.8 Å². The SMILES string of the molecule is CC(C)C(=O)N1CCN(C(=O)c2c3c(nc4ccccc24)C(=Cc2ccco2)CCC3)CC1. The van der Waals surface area contributed by atoms with Gasteiger partial charge in [-0.1, -0.05) is 32.0 Å². The minimum atomic E-state index is -0.0252. The zero-order valence-corrected chi connectivity index (χ0v) is 19.2. The highest BCUT2D eigenvalue weighted by atomic mass is 16.3. The van der Waals surface area contributed by atoms with Gasteiger partial charge in [-0.3, -0.25) is 9.59 Å². The number of pyridine rings is 1. The predicted molar refractivity (Wildman–Crippen MR) is 129 cm³/mol. The summed E-state index contributed by atoms with van der Waals surface area (Å²) in [5.74, 6) is 0.969. The van der Waals surface area contributed by atoms with Gasteiger partial charge in [0.25, 0.3) is 5.91 Å². The van der Waals surface area contributed by atoms with Gasteiger partial charge >= 0.3 is 0 Å². The van der Waals surface area contributed by atoms with E-state index >= 15 is 0 Å². The van der Waals surface area contributed by atoms with Crippen molar-refractivity contribution in [2.24, 2.45) is 5.92 Å². The second-order valence-electron chi connectivity index (χ2n) is 9.14. The number of carbonyl (C=O) groups excluding carboxylic acids is 2. The molecule has 0 bridgehead atoms. The average molecular weight is 444 g/mol. The zero-order valence-electron chi connectivity index (χ0n) is 19.2. The minimum Gasteiger partial charge on any atom is -0.465 e. The smallest absolute Gasteiger partial charge is 0.255 e. The van der Waals surface area contributed by atoms with Crippen molar-refractivity contribution in [3.8, 4) is 0 Å². The average Bonchev–Trinajstić information content (AvgIpc) is 3.35. The van der Waals surface area contributed by atoms with Crippen molar-refractivity contribution < 1.29 is 14.0 Å². The Labute approximate surface area is 193 Å². The van der Waals surface area contributed by atoms with Crippen LogP contribution in [0, 0.1) is 5.92 Å². The van der Waals surface area contributed by atoms with Gasteiger partial charge in [0.1, 0.15) is 5.76 Å². The molecule has 3 heterocycles. The van der Waals surface area contributed by atoms with Crippen LogP contribution in [0.3, 0.4) is 0 Å². The van der Waals surface area contributed by atoms with E-state index < -0.39 is 0 Å². The topological polar surface area (TPSA) is 66.7 Å². The summed E-state index contributed by atoms with van der Waals surface area (Å²) in [5, 5.41) is 0.904. The Bertz CT molecular complexity index is 1220. The number of hydrogen-bond acceptors (Lipinski definition) is 4. The van der Waals surface area contributed by atoms with E-state index in [-0.39, 0.29) is 17.7 Å². The van der Waals surface area contributed by atoms with Gasteiger partial charge < -0.3 is 14.2 Å². The third kappa shape index (κ3) is 4.06. The molecule has 1 aliphatic carbocycles. The summed E-state index contributed by atoms with van der Waals surface area (Å²) in [6.07, 6.45) is 6.42. The van der Waals surface area contributed by atoms with Crippen LogP contribution in [0.2, 0.25) is 0 Å². The highest BCUT2D eigenvalue weighted by Gasteiger charge is 2.31. The molecule has 0 spiro atoms. The van der Waals surface area contributed by atoms with Gasteiger partial charge in [-0.2, -0.15) is 0 Å². The van der Waals surface area contributed by atoms with Crippen LogP contribution in [0.15, 0.2) is 47.1 Å². The molecule has 1 saturated heterocycles. The summed E-state index contributed by atoms with van der Waals surface area (Å²) in [6, 6.07) is 11.7. The van der Waals surface area contributed by atoms with Crippen LogP contribution in [-0.4, -0.2) is 52.8 Å². The fraction of sp³-hybridized carbons (Fsp3) is 0.370. The number of fused-ring (bicyclic) bond motifs is 2. The van der Waals surface area contributed by atoms with Crippen molar-refractivity contribution in [1.29, 1.82) is 0 Å². The molecule has 2 aromatic heterocycles. The Balaban J connectivity index is 1.53. The van der Waals surface area contributed by atoms with Gasteiger partial charge in [0.2, 0.25) is 5.91 Å². The molecule has 170 valence electrons. The van der Waals surface area contributed by atoms with E-state index in [0.717, 1.165) is 58.3 Å². The molecule has 0 saturated carbocycles. The van der Waals surface area contributed by atoms with Crippen LogP contribution in [0.1, 0.15) is 54.1 Å². The minimum absolute atomic E-state index is 0.0252. The first-order valence-electron chi connectivity index (χ1n) is 11.8. The standard InChI is InChI=1S/C27H29N3O3/c1-18(2)26(31)29-12-14-30(15-13-29)27(32)24-21-9-3-4-11-23(21)28-25-19(7-5-10-22(24)25)17-20-8-6-16-33-20/h3-4,6,8-9,11,16-18H,5,7,10,12-15H2,1-2H3. The normalized spacial score (nSPS) is 17.6. The van der Waals surface area contributed by atoms with Gasteiger partial charge in [0.15, 0.2) is 0 Å². The van der Waals surface area contributed by atoms with Gasteiger partial charge in [-0.25, -0.2) is 4.98 Å². The molecule has 1 aromatic carbocycles. The molecule has 6 heteroatoms. The molecule has 2 amide bonds. The molecule has 0 N–H and O–H groups in total. The second kappa shape index (κ2) is 8.85. The molecule has 0 atom stereocenters. The van der Waals surface area contributed by atoms with Crippen LogP contribution in [0.5, 0.6) is 0 Å². The lowest BCUT2D eigenvalue weighted by atomic mass is 9.85. The first-order chi connectivity index (χ1) is 16.0. The maximum absolute atomic E-state index is 13.9. The van der Waals surface area contributed by atoms with E-state index in [0.29, 0.717) is 26.2 Å². The molecule has 5 rings (SSSR count). The number of allylic oxidation sites excluding steroid dienone is 1.